The van der Waals surface area contributed by atoms with Gasteiger partial charge in [-0.15, -0.1) is 0 Å². The fraction of sp³-hybridized carbons (Fsp3) is 0.600. The summed E-state index contributed by atoms with van der Waals surface area (Å²) in [5.74, 6) is 0. The van der Waals surface area contributed by atoms with Gasteiger partial charge in [-0.3, -0.25) is 4.72 Å². The summed E-state index contributed by atoms with van der Waals surface area (Å²) in [5, 5.41) is 3.08. The summed E-state index contributed by atoms with van der Waals surface area (Å²) in [4.78, 5) is 0. The first-order valence-corrected chi connectivity index (χ1v) is 9.10. The number of sulfonamides is 1. The highest BCUT2D eigenvalue weighted by Crippen LogP contribution is 2.22. The van der Waals surface area contributed by atoms with E-state index in [9.17, 15) is 8.42 Å². The van der Waals surface area contributed by atoms with E-state index in [0.29, 0.717) is 37.8 Å². The Morgan fingerprint density at radius 2 is 1.90 bits per heavy atom. The first kappa shape index (κ1) is 14.8. The number of hydrogen-bond acceptors (Lipinski definition) is 4. The van der Waals surface area contributed by atoms with Gasteiger partial charge in [0.2, 0.25) is 10.0 Å². The molecule has 1 heterocycles. The van der Waals surface area contributed by atoms with Gasteiger partial charge in [-0.2, -0.15) is 0 Å². The van der Waals surface area contributed by atoms with Crippen molar-refractivity contribution in [2.24, 2.45) is 0 Å². The number of benzene rings is 1. The zero-order valence-electron chi connectivity index (χ0n) is 12.0. The highest BCUT2D eigenvalue weighted by Gasteiger charge is 2.27. The van der Waals surface area contributed by atoms with E-state index in [1.165, 1.54) is 12.8 Å². The minimum atomic E-state index is -3.32. The van der Waals surface area contributed by atoms with E-state index in [0.717, 1.165) is 12.1 Å². The van der Waals surface area contributed by atoms with Crippen molar-refractivity contribution in [3.05, 3.63) is 29.8 Å². The fourth-order valence-electron chi connectivity index (χ4n) is 2.53. The van der Waals surface area contributed by atoms with Gasteiger partial charge in [-0.05, 0) is 43.4 Å². The summed E-state index contributed by atoms with van der Waals surface area (Å²) in [5.41, 5.74) is 1.76. The second-order valence-electron chi connectivity index (χ2n) is 5.81. The quantitative estimate of drug-likeness (QED) is 0.841. The maximum absolute atomic E-state index is 12.4. The van der Waals surface area contributed by atoms with Gasteiger partial charge in [0.05, 0.1) is 5.25 Å². The van der Waals surface area contributed by atoms with Gasteiger partial charge in [0, 0.05) is 31.5 Å². The summed E-state index contributed by atoms with van der Waals surface area (Å²) in [6, 6.07) is 8.27. The Hall–Kier alpha value is -1.11. The summed E-state index contributed by atoms with van der Waals surface area (Å²) < 4.78 is 32.7. The SMILES string of the molecule is O=S(=O)(Nc1cccc(CNC2CC2)c1)C1CCOCC1. The predicted octanol–water partition coefficient (Wildman–Crippen LogP) is 1.86. The van der Waals surface area contributed by atoms with Crippen LogP contribution in [0.25, 0.3) is 0 Å². The van der Waals surface area contributed by atoms with Crippen molar-refractivity contribution in [2.75, 3.05) is 17.9 Å². The second kappa shape index (κ2) is 6.34. The molecule has 1 aromatic carbocycles. The van der Waals surface area contributed by atoms with Crippen molar-refractivity contribution in [3.63, 3.8) is 0 Å². The molecule has 0 radical (unpaired) electrons. The lowest BCUT2D eigenvalue weighted by Gasteiger charge is -2.22. The van der Waals surface area contributed by atoms with E-state index < -0.39 is 10.0 Å². The molecule has 1 aliphatic carbocycles. The van der Waals surface area contributed by atoms with Crippen LogP contribution in [0.2, 0.25) is 0 Å². The lowest BCUT2D eigenvalue weighted by atomic mass is 10.2. The van der Waals surface area contributed by atoms with Crippen LogP contribution in [0, 0.1) is 0 Å². The molecule has 0 unspecified atom stereocenters. The van der Waals surface area contributed by atoms with Crippen molar-refractivity contribution in [2.45, 2.75) is 43.5 Å². The molecule has 1 aromatic rings. The summed E-state index contributed by atoms with van der Waals surface area (Å²) in [6.07, 6.45) is 3.63. The van der Waals surface area contributed by atoms with Gasteiger partial charge < -0.3 is 10.1 Å². The van der Waals surface area contributed by atoms with E-state index in [4.69, 9.17) is 4.74 Å². The first-order valence-electron chi connectivity index (χ1n) is 7.55. The van der Waals surface area contributed by atoms with Gasteiger partial charge in [0.1, 0.15) is 0 Å². The predicted molar refractivity (Wildman–Crippen MR) is 82.7 cm³/mol. The Bertz CT molecular complexity index is 578. The van der Waals surface area contributed by atoms with Gasteiger partial charge in [-0.1, -0.05) is 12.1 Å². The molecular formula is C15H22N2O3S. The number of nitrogens with one attached hydrogen (secondary N) is 2. The average Bonchev–Trinajstić information content (AvgIpc) is 3.30. The molecule has 0 spiro atoms. The Labute approximate surface area is 126 Å². The van der Waals surface area contributed by atoms with E-state index in [1.807, 2.05) is 18.2 Å². The molecule has 1 aliphatic heterocycles. The Kier molecular flexibility index (Phi) is 4.47. The average molecular weight is 310 g/mol. The minimum Gasteiger partial charge on any atom is -0.381 e. The number of ether oxygens (including phenoxy) is 1. The third-order valence-electron chi connectivity index (χ3n) is 3.97. The van der Waals surface area contributed by atoms with Crippen molar-refractivity contribution >= 4 is 15.7 Å². The van der Waals surface area contributed by atoms with Crippen LogP contribution in [-0.2, 0) is 21.3 Å². The van der Waals surface area contributed by atoms with Crippen molar-refractivity contribution in [1.29, 1.82) is 0 Å². The molecule has 2 aliphatic rings. The number of rotatable bonds is 6. The molecule has 2 fully saturated rings. The van der Waals surface area contributed by atoms with E-state index >= 15 is 0 Å². The fourth-order valence-corrected chi connectivity index (χ4v) is 3.96. The molecule has 0 aromatic heterocycles. The van der Waals surface area contributed by atoms with Crippen molar-refractivity contribution < 1.29 is 13.2 Å². The Morgan fingerprint density at radius 1 is 1.14 bits per heavy atom. The van der Waals surface area contributed by atoms with Gasteiger partial charge in [0.25, 0.3) is 0 Å². The summed E-state index contributed by atoms with van der Waals surface area (Å²) in [7, 11) is -3.32. The third-order valence-corrected chi connectivity index (χ3v) is 5.84. The zero-order valence-corrected chi connectivity index (χ0v) is 12.9. The Morgan fingerprint density at radius 3 is 2.62 bits per heavy atom. The van der Waals surface area contributed by atoms with Crippen LogP contribution < -0.4 is 10.0 Å². The molecule has 5 nitrogen and oxygen atoms in total. The van der Waals surface area contributed by atoms with E-state index in [1.54, 1.807) is 6.07 Å². The zero-order chi connectivity index (χ0) is 14.7. The molecule has 0 bridgehead atoms. The smallest absolute Gasteiger partial charge is 0.235 e. The molecule has 2 N–H and O–H groups in total. The number of anilines is 1. The highest BCUT2D eigenvalue weighted by molar-refractivity contribution is 7.93. The maximum atomic E-state index is 12.4. The van der Waals surface area contributed by atoms with Crippen LogP contribution in [-0.4, -0.2) is 32.9 Å². The molecule has 116 valence electrons. The van der Waals surface area contributed by atoms with E-state index in [2.05, 4.69) is 10.0 Å². The Balaban J connectivity index is 1.63. The topological polar surface area (TPSA) is 67.4 Å². The summed E-state index contributed by atoms with van der Waals surface area (Å²) >= 11 is 0. The molecule has 1 saturated heterocycles. The standard InChI is InChI=1S/C15H22N2O3S/c18-21(19,15-6-8-20-9-7-15)17-14-3-1-2-12(10-14)11-16-13-4-5-13/h1-3,10,13,15-17H,4-9,11H2. The van der Waals surface area contributed by atoms with Crippen molar-refractivity contribution in [3.8, 4) is 0 Å². The third kappa shape index (κ3) is 4.18. The van der Waals surface area contributed by atoms with Gasteiger partial charge >= 0.3 is 0 Å². The molecule has 3 rings (SSSR count). The largest absolute Gasteiger partial charge is 0.381 e. The van der Waals surface area contributed by atoms with E-state index in [-0.39, 0.29) is 5.25 Å². The van der Waals surface area contributed by atoms with Crippen LogP contribution in [0.4, 0.5) is 5.69 Å². The van der Waals surface area contributed by atoms with Crippen LogP contribution in [0.5, 0.6) is 0 Å². The minimum absolute atomic E-state index is 0.348. The van der Waals surface area contributed by atoms with Crippen LogP contribution in [0.3, 0.4) is 0 Å². The van der Waals surface area contributed by atoms with Gasteiger partial charge in [0.15, 0.2) is 0 Å². The van der Waals surface area contributed by atoms with Crippen LogP contribution in [0.15, 0.2) is 24.3 Å². The molecule has 0 amide bonds. The summed E-state index contributed by atoms with van der Waals surface area (Å²) in [6.45, 7) is 1.84. The lowest BCUT2D eigenvalue weighted by molar-refractivity contribution is 0.0984. The van der Waals surface area contributed by atoms with Crippen molar-refractivity contribution in [1.82, 2.24) is 5.32 Å². The monoisotopic (exact) mass is 310 g/mol. The maximum Gasteiger partial charge on any atom is 0.235 e. The molecule has 6 heteroatoms. The molecule has 1 saturated carbocycles. The van der Waals surface area contributed by atoms with Gasteiger partial charge in [-0.25, -0.2) is 8.42 Å². The first-order chi connectivity index (χ1) is 10.1. The molecule has 21 heavy (non-hydrogen) atoms. The van der Waals surface area contributed by atoms with Crippen LogP contribution >= 0.6 is 0 Å². The molecule has 0 atom stereocenters. The normalized spacial score (nSPS) is 20.4. The molecular weight excluding hydrogens is 288 g/mol. The highest BCUT2D eigenvalue weighted by atomic mass is 32.2. The lowest BCUT2D eigenvalue weighted by Crippen LogP contribution is -2.33. The second-order valence-corrected chi connectivity index (χ2v) is 7.78. The number of hydrogen-bond donors (Lipinski definition) is 2. The van der Waals surface area contributed by atoms with Crippen LogP contribution in [0.1, 0.15) is 31.2 Å².